The summed E-state index contributed by atoms with van der Waals surface area (Å²) in [6.45, 7) is 4.19. The standard InChI is InChI=1S/C47H88NO8P/c1-6-8-10-12-14-16-18-20-22-23-24-25-26-28-29-31-33-35-37-39-46(49)53-43-45(44-55-57(51,52)54-42-41-48(3,4)5)56-47(50)40-38-36-34-32-30-27-21-19-17-15-13-11-9-7-2/h14,16,19-22,45H,6-13,15,17-18,23-44H2,1-5H3/b16-14+,21-19+,22-20+/t45-/m0/s1. The molecule has 0 saturated heterocycles. The van der Waals surface area contributed by atoms with E-state index in [0.29, 0.717) is 17.4 Å². The Hall–Kier alpha value is -1.77. The summed E-state index contributed by atoms with van der Waals surface area (Å²) in [6, 6.07) is 0. The lowest BCUT2D eigenvalue weighted by Gasteiger charge is -2.28. The molecular weight excluding hydrogens is 737 g/mol. The molecule has 0 N–H and O–H groups in total. The number of allylic oxidation sites excluding steroid dienone is 6. The number of ether oxygens (including phenoxy) is 2. The van der Waals surface area contributed by atoms with Crippen molar-refractivity contribution >= 4 is 19.8 Å². The maximum Gasteiger partial charge on any atom is 0.306 e. The van der Waals surface area contributed by atoms with Crippen molar-refractivity contribution in [3.05, 3.63) is 36.5 Å². The topological polar surface area (TPSA) is 111 Å². The molecule has 0 rings (SSSR count). The molecule has 0 spiro atoms. The van der Waals surface area contributed by atoms with Gasteiger partial charge in [0.25, 0.3) is 7.82 Å². The number of hydrogen-bond acceptors (Lipinski definition) is 8. The molecule has 0 bridgehead atoms. The van der Waals surface area contributed by atoms with Gasteiger partial charge in [-0.25, -0.2) is 0 Å². The van der Waals surface area contributed by atoms with Gasteiger partial charge in [0.2, 0.25) is 0 Å². The highest BCUT2D eigenvalue weighted by Gasteiger charge is 2.21. The Morgan fingerprint density at radius 2 is 0.947 bits per heavy atom. The first-order chi connectivity index (χ1) is 27.5. The molecule has 9 nitrogen and oxygen atoms in total. The number of phosphoric acid groups is 1. The highest BCUT2D eigenvalue weighted by Crippen LogP contribution is 2.38. The van der Waals surface area contributed by atoms with E-state index in [9.17, 15) is 19.0 Å². The minimum atomic E-state index is -4.63. The zero-order valence-electron chi connectivity index (χ0n) is 37.5. The van der Waals surface area contributed by atoms with E-state index in [-0.39, 0.29) is 32.0 Å². The summed E-state index contributed by atoms with van der Waals surface area (Å²) in [5.74, 6) is -0.846. The van der Waals surface area contributed by atoms with E-state index < -0.39 is 26.5 Å². The number of nitrogens with zero attached hydrogens (tertiary/aromatic N) is 1. The lowest BCUT2D eigenvalue weighted by molar-refractivity contribution is -0.870. The van der Waals surface area contributed by atoms with E-state index in [4.69, 9.17) is 18.5 Å². The first-order valence-corrected chi connectivity index (χ1v) is 24.7. The first kappa shape index (κ1) is 55.2. The predicted octanol–water partition coefficient (Wildman–Crippen LogP) is 12.7. The molecule has 0 radical (unpaired) electrons. The predicted molar refractivity (Wildman–Crippen MR) is 236 cm³/mol. The van der Waals surface area contributed by atoms with E-state index in [1.54, 1.807) is 0 Å². The Bertz CT molecular complexity index is 1070. The zero-order chi connectivity index (χ0) is 42.1. The number of phosphoric ester groups is 1. The molecule has 1 unspecified atom stereocenters. The molecule has 0 aliphatic rings. The number of carbonyl (C=O) groups is 2. The zero-order valence-corrected chi connectivity index (χ0v) is 38.4. The van der Waals surface area contributed by atoms with Crippen LogP contribution in [0.4, 0.5) is 0 Å². The van der Waals surface area contributed by atoms with Crippen LogP contribution in [-0.4, -0.2) is 70.0 Å². The summed E-state index contributed by atoms with van der Waals surface area (Å²) in [5, 5.41) is 0. The van der Waals surface area contributed by atoms with Gasteiger partial charge in [0, 0.05) is 12.8 Å². The smallest absolute Gasteiger partial charge is 0.306 e. The van der Waals surface area contributed by atoms with Crippen LogP contribution in [0.2, 0.25) is 0 Å². The largest absolute Gasteiger partial charge is 0.756 e. The molecule has 57 heavy (non-hydrogen) atoms. The van der Waals surface area contributed by atoms with Crippen molar-refractivity contribution in [1.29, 1.82) is 0 Å². The molecule has 0 saturated carbocycles. The molecule has 0 heterocycles. The van der Waals surface area contributed by atoms with Crippen LogP contribution in [0.5, 0.6) is 0 Å². The molecule has 2 atom stereocenters. The van der Waals surface area contributed by atoms with Crippen LogP contribution in [-0.2, 0) is 32.7 Å². The van der Waals surface area contributed by atoms with E-state index in [1.165, 1.54) is 103 Å². The summed E-state index contributed by atoms with van der Waals surface area (Å²) < 4.78 is 33.9. The lowest BCUT2D eigenvalue weighted by atomic mass is 10.1. The summed E-state index contributed by atoms with van der Waals surface area (Å²) in [4.78, 5) is 37.6. The SMILES string of the molecule is CCCCC/C=C/C/C=C/CCCCCCCCCCCC(=O)OC[C@@H](COP(=O)([O-])OCC[N+](C)(C)C)OC(=O)CCCCCCC/C=C/CCCCCCC. The third kappa shape index (κ3) is 43.6. The maximum absolute atomic E-state index is 12.7. The van der Waals surface area contributed by atoms with E-state index in [1.807, 2.05) is 21.1 Å². The Morgan fingerprint density at radius 3 is 1.44 bits per heavy atom. The third-order valence-electron chi connectivity index (χ3n) is 9.88. The molecule has 0 fully saturated rings. The Labute approximate surface area is 351 Å². The lowest BCUT2D eigenvalue weighted by Crippen LogP contribution is -2.37. The Balaban J connectivity index is 4.31. The Kier molecular flexibility index (Phi) is 38.4. The van der Waals surface area contributed by atoms with Gasteiger partial charge in [0.05, 0.1) is 27.7 Å². The fourth-order valence-corrected chi connectivity index (χ4v) is 6.94. The van der Waals surface area contributed by atoms with Gasteiger partial charge in [0.15, 0.2) is 6.10 Å². The van der Waals surface area contributed by atoms with Crippen LogP contribution in [0.25, 0.3) is 0 Å². The highest BCUT2D eigenvalue weighted by atomic mass is 31.2. The molecule has 0 amide bonds. The van der Waals surface area contributed by atoms with Crippen LogP contribution >= 0.6 is 7.82 Å². The van der Waals surface area contributed by atoms with Crippen molar-refractivity contribution in [2.24, 2.45) is 0 Å². The van der Waals surface area contributed by atoms with Gasteiger partial charge < -0.3 is 27.9 Å². The van der Waals surface area contributed by atoms with Crippen molar-refractivity contribution in [3.63, 3.8) is 0 Å². The number of quaternary nitrogens is 1. The van der Waals surface area contributed by atoms with E-state index >= 15 is 0 Å². The van der Waals surface area contributed by atoms with Gasteiger partial charge >= 0.3 is 11.9 Å². The number of hydrogen-bond donors (Lipinski definition) is 0. The molecular formula is C47H88NO8P. The molecule has 0 aromatic heterocycles. The Morgan fingerprint density at radius 1 is 0.544 bits per heavy atom. The molecule has 334 valence electrons. The van der Waals surface area contributed by atoms with Crippen molar-refractivity contribution < 1.29 is 42.1 Å². The minimum absolute atomic E-state index is 0.0330. The second kappa shape index (κ2) is 39.7. The monoisotopic (exact) mass is 826 g/mol. The summed E-state index contributed by atoms with van der Waals surface area (Å²) in [7, 11) is 1.16. The molecule has 0 aromatic rings. The van der Waals surface area contributed by atoms with Gasteiger partial charge in [-0.2, -0.15) is 0 Å². The van der Waals surface area contributed by atoms with Gasteiger partial charge in [0.1, 0.15) is 19.8 Å². The quantitative estimate of drug-likeness (QED) is 0.0197. The van der Waals surface area contributed by atoms with E-state index in [2.05, 4.69) is 50.3 Å². The van der Waals surface area contributed by atoms with E-state index in [0.717, 1.165) is 64.2 Å². The fraction of sp³-hybridized carbons (Fsp3) is 0.830. The summed E-state index contributed by atoms with van der Waals surface area (Å²) in [6.07, 6.45) is 44.5. The average Bonchev–Trinajstić information content (AvgIpc) is 3.16. The van der Waals surface area contributed by atoms with Gasteiger partial charge in [-0.15, -0.1) is 0 Å². The van der Waals surface area contributed by atoms with Crippen LogP contribution in [0, 0.1) is 0 Å². The maximum atomic E-state index is 12.7. The molecule has 0 aromatic carbocycles. The van der Waals surface area contributed by atoms with Crippen molar-refractivity contribution in [2.45, 2.75) is 206 Å². The van der Waals surface area contributed by atoms with Gasteiger partial charge in [-0.3, -0.25) is 14.2 Å². The summed E-state index contributed by atoms with van der Waals surface area (Å²) in [5.41, 5.74) is 0. The summed E-state index contributed by atoms with van der Waals surface area (Å²) >= 11 is 0. The van der Waals surface area contributed by atoms with Gasteiger partial charge in [-0.05, 0) is 70.6 Å². The molecule has 0 aliphatic carbocycles. The average molecular weight is 826 g/mol. The second-order valence-corrected chi connectivity index (χ2v) is 18.2. The van der Waals surface area contributed by atoms with Gasteiger partial charge in [-0.1, -0.05) is 153 Å². The number of unbranched alkanes of at least 4 members (excludes halogenated alkanes) is 22. The third-order valence-corrected chi connectivity index (χ3v) is 10.8. The highest BCUT2D eigenvalue weighted by molar-refractivity contribution is 7.45. The van der Waals surface area contributed by atoms with Crippen molar-refractivity contribution in [3.8, 4) is 0 Å². The van der Waals surface area contributed by atoms with Crippen LogP contribution in [0.1, 0.15) is 200 Å². The minimum Gasteiger partial charge on any atom is -0.756 e. The number of carbonyl (C=O) groups excluding carboxylic acids is 2. The van der Waals surface area contributed by atoms with Crippen molar-refractivity contribution in [2.75, 3.05) is 47.5 Å². The number of esters is 2. The molecule has 10 heteroatoms. The first-order valence-electron chi connectivity index (χ1n) is 23.2. The number of rotatable bonds is 42. The van der Waals surface area contributed by atoms with Crippen molar-refractivity contribution in [1.82, 2.24) is 0 Å². The molecule has 0 aliphatic heterocycles. The normalized spacial score (nSPS) is 13.9. The van der Waals surface area contributed by atoms with Crippen LogP contribution in [0.15, 0.2) is 36.5 Å². The van der Waals surface area contributed by atoms with Crippen LogP contribution < -0.4 is 4.89 Å². The number of likely N-dealkylation sites (N-methyl/N-ethyl adjacent to an activating group) is 1. The second-order valence-electron chi connectivity index (χ2n) is 16.8. The fourth-order valence-electron chi connectivity index (χ4n) is 6.21. The van der Waals surface area contributed by atoms with Crippen LogP contribution in [0.3, 0.4) is 0 Å².